The molecule has 0 fully saturated rings. The third kappa shape index (κ3) is 3.40. The van der Waals surface area contributed by atoms with Crippen molar-refractivity contribution in [2.75, 3.05) is 18.1 Å². The number of hydrogen-bond donors (Lipinski definition) is 1. The summed E-state index contributed by atoms with van der Waals surface area (Å²) in [4.78, 5) is 12.7. The molecule has 0 amide bonds. The predicted molar refractivity (Wildman–Crippen MR) is 77.4 cm³/mol. The summed E-state index contributed by atoms with van der Waals surface area (Å²) >= 11 is 1.72. The summed E-state index contributed by atoms with van der Waals surface area (Å²) in [5.41, 5.74) is 1.13. The molecule has 2 rings (SSSR count). The molecule has 0 unspecified atom stereocenters. The molecule has 0 spiro atoms. The lowest BCUT2D eigenvalue weighted by Gasteiger charge is -2.09. The summed E-state index contributed by atoms with van der Waals surface area (Å²) in [5.74, 6) is 0. The predicted octanol–water partition coefficient (Wildman–Crippen LogP) is 2.68. The fraction of sp³-hybridized carbons (Fsp3) is 0.214. The molecule has 0 radical (unpaired) electrons. The Balaban J connectivity index is 1.92. The first-order valence-corrected chi connectivity index (χ1v) is 7.05. The molecule has 4 heteroatoms. The van der Waals surface area contributed by atoms with Crippen LogP contribution >= 0.6 is 11.8 Å². The lowest BCUT2D eigenvalue weighted by atomic mass is 10.3. The van der Waals surface area contributed by atoms with Gasteiger partial charge in [-0.05, 0) is 30.5 Å². The van der Waals surface area contributed by atoms with Crippen LogP contribution in [0.15, 0.2) is 58.4 Å². The second-order valence-electron chi connectivity index (χ2n) is 3.89. The van der Waals surface area contributed by atoms with Gasteiger partial charge < -0.3 is 9.88 Å². The molecule has 0 saturated heterocycles. The number of aromatic nitrogens is 1. The number of nitrogens with zero attached hydrogens (tertiary/aromatic N) is 1. The van der Waals surface area contributed by atoms with E-state index in [9.17, 15) is 4.79 Å². The second-order valence-corrected chi connectivity index (χ2v) is 4.77. The van der Waals surface area contributed by atoms with Crippen LogP contribution in [0.3, 0.4) is 0 Å². The van der Waals surface area contributed by atoms with Crippen LogP contribution < -0.4 is 10.9 Å². The van der Waals surface area contributed by atoms with Gasteiger partial charge in [0, 0.05) is 35.9 Å². The summed E-state index contributed by atoms with van der Waals surface area (Å²) in [6.07, 6.45) is 3.87. The lowest BCUT2D eigenvalue weighted by Crippen LogP contribution is -2.21. The number of pyridine rings is 1. The molecule has 0 aliphatic rings. The molecule has 2 aromatic rings. The van der Waals surface area contributed by atoms with E-state index < -0.39 is 0 Å². The zero-order chi connectivity index (χ0) is 12.8. The van der Waals surface area contributed by atoms with Gasteiger partial charge in [-0.3, -0.25) is 4.79 Å². The molecule has 1 N–H and O–H groups in total. The SMILES string of the molecule is CSc1cccc(NCCn2ccccc2=O)c1. The van der Waals surface area contributed by atoms with Crippen molar-refractivity contribution in [2.45, 2.75) is 11.4 Å². The van der Waals surface area contributed by atoms with Crippen molar-refractivity contribution in [1.29, 1.82) is 0 Å². The van der Waals surface area contributed by atoms with Gasteiger partial charge in [0.15, 0.2) is 0 Å². The number of benzene rings is 1. The highest BCUT2D eigenvalue weighted by Crippen LogP contribution is 2.18. The van der Waals surface area contributed by atoms with Crippen molar-refractivity contribution in [3.8, 4) is 0 Å². The zero-order valence-corrected chi connectivity index (χ0v) is 11.1. The monoisotopic (exact) mass is 260 g/mol. The van der Waals surface area contributed by atoms with Crippen LogP contribution in [0.5, 0.6) is 0 Å². The Morgan fingerprint density at radius 1 is 1.22 bits per heavy atom. The summed E-state index contributed by atoms with van der Waals surface area (Å²) in [6.45, 7) is 1.41. The molecule has 3 nitrogen and oxygen atoms in total. The summed E-state index contributed by atoms with van der Waals surface area (Å²) in [5, 5.41) is 3.32. The number of rotatable bonds is 5. The van der Waals surface area contributed by atoms with E-state index in [1.54, 1.807) is 28.5 Å². The van der Waals surface area contributed by atoms with Crippen molar-refractivity contribution in [1.82, 2.24) is 4.57 Å². The third-order valence-corrected chi connectivity index (χ3v) is 3.38. The van der Waals surface area contributed by atoms with Crippen molar-refractivity contribution < 1.29 is 0 Å². The van der Waals surface area contributed by atoms with Gasteiger partial charge in [0.05, 0.1) is 0 Å². The topological polar surface area (TPSA) is 34.0 Å². The Kier molecular flexibility index (Phi) is 4.47. The van der Waals surface area contributed by atoms with Crippen molar-refractivity contribution >= 4 is 17.4 Å². The molecule has 0 saturated carbocycles. The van der Waals surface area contributed by atoms with Crippen LogP contribution in [-0.4, -0.2) is 17.4 Å². The van der Waals surface area contributed by atoms with E-state index >= 15 is 0 Å². The lowest BCUT2D eigenvalue weighted by molar-refractivity contribution is 0.697. The van der Waals surface area contributed by atoms with Crippen LogP contribution in [0.1, 0.15) is 0 Å². The molecule has 1 heterocycles. The Labute approximate surface area is 111 Å². The zero-order valence-electron chi connectivity index (χ0n) is 10.3. The molecular weight excluding hydrogens is 244 g/mol. The second kappa shape index (κ2) is 6.31. The average Bonchev–Trinajstić information content (AvgIpc) is 2.41. The van der Waals surface area contributed by atoms with Gasteiger partial charge in [-0.1, -0.05) is 12.1 Å². The maximum Gasteiger partial charge on any atom is 0.250 e. The highest BCUT2D eigenvalue weighted by Gasteiger charge is 1.96. The Morgan fingerprint density at radius 2 is 2.11 bits per heavy atom. The summed E-state index contributed by atoms with van der Waals surface area (Å²) in [7, 11) is 0. The molecule has 18 heavy (non-hydrogen) atoms. The van der Waals surface area contributed by atoms with Gasteiger partial charge in [-0.25, -0.2) is 0 Å². The number of nitrogens with one attached hydrogen (secondary N) is 1. The highest BCUT2D eigenvalue weighted by molar-refractivity contribution is 7.98. The maximum absolute atomic E-state index is 11.5. The Hall–Kier alpha value is -1.68. The van der Waals surface area contributed by atoms with E-state index in [1.807, 2.05) is 24.4 Å². The molecular formula is C14H16N2OS. The molecule has 0 aliphatic carbocycles. The largest absolute Gasteiger partial charge is 0.383 e. The first-order chi connectivity index (χ1) is 8.79. The molecule has 0 bridgehead atoms. The van der Waals surface area contributed by atoms with Gasteiger partial charge in [-0.2, -0.15) is 0 Å². The Morgan fingerprint density at radius 3 is 2.89 bits per heavy atom. The van der Waals surface area contributed by atoms with Gasteiger partial charge >= 0.3 is 0 Å². The van der Waals surface area contributed by atoms with E-state index in [0.717, 1.165) is 12.2 Å². The fourth-order valence-corrected chi connectivity index (χ4v) is 2.16. The standard InChI is InChI=1S/C14H16N2OS/c1-18-13-6-4-5-12(11-13)15-8-10-16-9-3-2-7-14(16)17/h2-7,9,11,15H,8,10H2,1H3. The third-order valence-electron chi connectivity index (χ3n) is 2.65. The number of hydrogen-bond acceptors (Lipinski definition) is 3. The number of thioether (sulfide) groups is 1. The molecule has 1 aromatic carbocycles. The minimum Gasteiger partial charge on any atom is -0.383 e. The van der Waals surface area contributed by atoms with E-state index in [-0.39, 0.29) is 5.56 Å². The van der Waals surface area contributed by atoms with Crippen LogP contribution in [0.25, 0.3) is 0 Å². The first-order valence-electron chi connectivity index (χ1n) is 5.83. The van der Waals surface area contributed by atoms with Crippen LogP contribution in [0.4, 0.5) is 5.69 Å². The van der Waals surface area contributed by atoms with Gasteiger partial charge in [-0.15, -0.1) is 11.8 Å². The summed E-state index contributed by atoms with van der Waals surface area (Å²) < 4.78 is 1.70. The first kappa shape index (κ1) is 12.8. The van der Waals surface area contributed by atoms with Gasteiger partial charge in [0.1, 0.15) is 0 Å². The molecule has 1 aromatic heterocycles. The smallest absolute Gasteiger partial charge is 0.250 e. The van der Waals surface area contributed by atoms with E-state index in [4.69, 9.17) is 0 Å². The normalized spacial score (nSPS) is 10.3. The quantitative estimate of drug-likeness (QED) is 0.839. The van der Waals surface area contributed by atoms with E-state index in [1.165, 1.54) is 4.90 Å². The van der Waals surface area contributed by atoms with Crippen molar-refractivity contribution in [3.05, 3.63) is 59.0 Å². The minimum atomic E-state index is 0.0390. The molecule has 94 valence electrons. The fourth-order valence-electron chi connectivity index (χ4n) is 1.70. The van der Waals surface area contributed by atoms with Crippen LogP contribution in [0, 0.1) is 0 Å². The minimum absolute atomic E-state index is 0.0390. The highest BCUT2D eigenvalue weighted by atomic mass is 32.2. The number of anilines is 1. The van der Waals surface area contributed by atoms with E-state index in [2.05, 4.69) is 23.7 Å². The van der Waals surface area contributed by atoms with Crippen molar-refractivity contribution in [2.24, 2.45) is 0 Å². The van der Waals surface area contributed by atoms with Gasteiger partial charge in [0.2, 0.25) is 0 Å². The van der Waals surface area contributed by atoms with Gasteiger partial charge in [0.25, 0.3) is 5.56 Å². The van der Waals surface area contributed by atoms with Crippen molar-refractivity contribution in [3.63, 3.8) is 0 Å². The Bertz CT molecular complexity index is 565. The average molecular weight is 260 g/mol. The molecule has 0 aliphatic heterocycles. The maximum atomic E-state index is 11.5. The van der Waals surface area contributed by atoms with E-state index in [0.29, 0.717) is 6.54 Å². The van der Waals surface area contributed by atoms with Crippen LogP contribution in [-0.2, 0) is 6.54 Å². The summed E-state index contributed by atoms with van der Waals surface area (Å²) in [6, 6.07) is 13.5. The van der Waals surface area contributed by atoms with Crippen LogP contribution in [0.2, 0.25) is 0 Å². The molecule has 0 atom stereocenters.